The van der Waals surface area contributed by atoms with Crippen molar-refractivity contribution in [3.63, 3.8) is 0 Å². The third-order valence-corrected chi connectivity index (χ3v) is 4.28. The van der Waals surface area contributed by atoms with Crippen LogP contribution in [0, 0.1) is 5.92 Å². The van der Waals surface area contributed by atoms with Gasteiger partial charge in [0.15, 0.2) is 0 Å². The van der Waals surface area contributed by atoms with E-state index in [2.05, 4.69) is 4.98 Å². The summed E-state index contributed by atoms with van der Waals surface area (Å²) in [6.45, 7) is 0.840. The summed E-state index contributed by atoms with van der Waals surface area (Å²) in [5.74, 6) is 0.711. The fourth-order valence-corrected chi connectivity index (χ4v) is 3.45. The van der Waals surface area contributed by atoms with E-state index in [1.807, 2.05) is 4.90 Å². The number of aromatic nitrogens is 1. The Labute approximate surface area is 106 Å². The molecule has 1 aromatic rings. The minimum atomic E-state index is -0.208. The number of nitrogens with zero attached hydrogens (tertiary/aromatic N) is 1. The molecule has 4 nitrogen and oxygen atoms in total. The van der Waals surface area contributed by atoms with E-state index in [0.29, 0.717) is 17.5 Å². The summed E-state index contributed by atoms with van der Waals surface area (Å²) in [6.07, 6.45) is 7.50. The monoisotopic (exact) mass is 246 g/mol. The van der Waals surface area contributed by atoms with Crippen LogP contribution in [-0.4, -0.2) is 28.4 Å². The molecule has 4 heteroatoms. The van der Waals surface area contributed by atoms with Crippen molar-refractivity contribution in [3.8, 4) is 0 Å². The average molecular weight is 246 g/mol. The van der Waals surface area contributed by atoms with Crippen molar-refractivity contribution in [2.75, 3.05) is 6.54 Å². The molecule has 1 aromatic heterocycles. The summed E-state index contributed by atoms with van der Waals surface area (Å²) < 4.78 is 0. The standard InChI is InChI=1S/C14H18N2O2/c17-13-9-11(6-7-15-13)14(18)16-8-2-4-10-3-1-5-12(10)16/h6-7,9-10,12H,1-5,8H2,(H,15,17). The average Bonchev–Trinajstić information content (AvgIpc) is 2.86. The Hall–Kier alpha value is -1.58. The maximum absolute atomic E-state index is 12.5. The van der Waals surface area contributed by atoms with E-state index in [4.69, 9.17) is 0 Å². The second-order valence-electron chi connectivity index (χ2n) is 5.34. The summed E-state index contributed by atoms with van der Waals surface area (Å²) in [4.78, 5) is 28.3. The lowest BCUT2D eigenvalue weighted by molar-refractivity contribution is 0.0548. The highest BCUT2D eigenvalue weighted by atomic mass is 16.2. The van der Waals surface area contributed by atoms with Crippen LogP contribution in [0.3, 0.4) is 0 Å². The highest BCUT2D eigenvalue weighted by Gasteiger charge is 2.37. The Balaban J connectivity index is 1.85. The predicted molar refractivity (Wildman–Crippen MR) is 68.5 cm³/mol. The molecule has 18 heavy (non-hydrogen) atoms. The minimum Gasteiger partial charge on any atom is -0.335 e. The van der Waals surface area contributed by atoms with E-state index in [1.165, 1.54) is 25.3 Å². The Morgan fingerprint density at radius 1 is 1.28 bits per heavy atom. The number of aromatic amines is 1. The van der Waals surface area contributed by atoms with E-state index in [-0.39, 0.29) is 11.5 Å². The van der Waals surface area contributed by atoms with Crippen molar-refractivity contribution in [2.24, 2.45) is 5.92 Å². The lowest BCUT2D eigenvalue weighted by Crippen LogP contribution is -2.46. The Bertz CT molecular complexity index is 509. The number of piperidine rings is 1. The molecule has 2 fully saturated rings. The Morgan fingerprint density at radius 2 is 2.11 bits per heavy atom. The summed E-state index contributed by atoms with van der Waals surface area (Å²) in [7, 11) is 0. The number of fused-ring (bicyclic) bond motifs is 1. The molecule has 0 aromatic carbocycles. The molecule has 2 atom stereocenters. The van der Waals surface area contributed by atoms with Gasteiger partial charge in [0.1, 0.15) is 0 Å². The van der Waals surface area contributed by atoms with Gasteiger partial charge in [-0.1, -0.05) is 6.42 Å². The lowest BCUT2D eigenvalue weighted by Gasteiger charge is -2.37. The Kier molecular flexibility index (Phi) is 2.94. The first-order chi connectivity index (χ1) is 8.75. The van der Waals surface area contributed by atoms with Crippen molar-refractivity contribution < 1.29 is 4.79 Å². The largest absolute Gasteiger partial charge is 0.335 e. The van der Waals surface area contributed by atoms with E-state index >= 15 is 0 Å². The molecular formula is C14H18N2O2. The quantitative estimate of drug-likeness (QED) is 0.821. The summed E-state index contributed by atoms with van der Waals surface area (Å²) in [5.41, 5.74) is 0.312. The number of rotatable bonds is 1. The first-order valence-electron chi connectivity index (χ1n) is 6.75. The van der Waals surface area contributed by atoms with Gasteiger partial charge in [0.25, 0.3) is 5.91 Å². The van der Waals surface area contributed by atoms with Gasteiger partial charge in [-0.2, -0.15) is 0 Å². The summed E-state index contributed by atoms with van der Waals surface area (Å²) in [6, 6.07) is 3.51. The highest BCUT2D eigenvalue weighted by molar-refractivity contribution is 5.94. The van der Waals surface area contributed by atoms with Gasteiger partial charge < -0.3 is 9.88 Å². The lowest BCUT2D eigenvalue weighted by atomic mass is 9.91. The van der Waals surface area contributed by atoms with Crippen LogP contribution >= 0.6 is 0 Å². The molecule has 0 radical (unpaired) electrons. The zero-order valence-electron chi connectivity index (χ0n) is 10.4. The molecule has 1 amide bonds. The topological polar surface area (TPSA) is 53.2 Å². The van der Waals surface area contributed by atoms with Crippen LogP contribution < -0.4 is 5.56 Å². The molecular weight excluding hydrogens is 228 g/mol. The van der Waals surface area contributed by atoms with Crippen molar-refractivity contribution in [1.82, 2.24) is 9.88 Å². The fourth-order valence-electron chi connectivity index (χ4n) is 3.45. The van der Waals surface area contributed by atoms with Gasteiger partial charge >= 0.3 is 0 Å². The Morgan fingerprint density at radius 3 is 2.94 bits per heavy atom. The number of H-pyrrole nitrogens is 1. The van der Waals surface area contributed by atoms with Crippen LogP contribution in [0.15, 0.2) is 23.1 Å². The van der Waals surface area contributed by atoms with Gasteiger partial charge in [-0.05, 0) is 37.7 Å². The third kappa shape index (κ3) is 1.96. The van der Waals surface area contributed by atoms with Crippen molar-refractivity contribution in [2.45, 2.75) is 38.1 Å². The normalized spacial score (nSPS) is 27.0. The molecule has 2 unspecified atom stereocenters. The van der Waals surface area contributed by atoms with E-state index in [9.17, 15) is 9.59 Å². The van der Waals surface area contributed by atoms with Crippen LogP contribution in [0.25, 0.3) is 0 Å². The molecule has 0 bridgehead atoms. The van der Waals surface area contributed by atoms with E-state index in [1.54, 1.807) is 12.3 Å². The molecule has 1 aliphatic heterocycles. The zero-order chi connectivity index (χ0) is 12.5. The van der Waals surface area contributed by atoms with Crippen LogP contribution in [0.1, 0.15) is 42.5 Å². The third-order valence-electron chi connectivity index (χ3n) is 4.28. The van der Waals surface area contributed by atoms with Crippen LogP contribution in [0.4, 0.5) is 0 Å². The second kappa shape index (κ2) is 4.59. The molecule has 0 spiro atoms. The zero-order valence-corrected chi connectivity index (χ0v) is 10.4. The smallest absolute Gasteiger partial charge is 0.254 e. The molecule has 96 valence electrons. The second-order valence-corrected chi connectivity index (χ2v) is 5.34. The van der Waals surface area contributed by atoms with Crippen molar-refractivity contribution in [1.29, 1.82) is 0 Å². The van der Waals surface area contributed by atoms with E-state index in [0.717, 1.165) is 19.4 Å². The number of carbonyl (C=O) groups is 1. The molecule has 1 aliphatic carbocycles. The van der Waals surface area contributed by atoms with Gasteiger partial charge in [-0.15, -0.1) is 0 Å². The highest BCUT2D eigenvalue weighted by Crippen LogP contribution is 2.37. The van der Waals surface area contributed by atoms with Crippen LogP contribution in [0.5, 0.6) is 0 Å². The minimum absolute atomic E-state index is 0.0256. The first kappa shape index (κ1) is 11.5. The molecule has 3 rings (SSSR count). The summed E-state index contributed by atoms with van der Waals surface area (Å²) >= 11 is 0. The fraction of sp³-hybridized carbons (Fsp3) is 0.571. The van der Waals surface area contributed by atoms with Gasteiger partial charge in [-0.25, -0.2) is 0 Å². The molecule has 1 N–H and O–H groups in total. The molecule has 2 heterocycles. The molecule has 1 saturated carbocycles. The number of pyridine rings is 1. The number of carbonyl (C=O) groups excluding carboxylic acids is 1. The van der Waals surface area contributed by atoms with Crippen LogP contribution in [0.2, 0.25) is 0 Å². The molecule has 2 aliphatic rings. The van der Waals surface area contributed by atoms with Gasteiger partial charge in [-0.3, -0.25) is 9.59 Å². The number of hydrogen-bond acceptors (Lipinski definition) is 2. The number of amides is 1. The van der Waals surface area contributed by atoms with Gasteiger partial charge in [0.05, 0.1) is 0 Å². The van der Waals surface area contributed by atoms with Crippen LogP contribution in [-0.2, 0) is 0 Å². The van der Waals surface area contributed by atoms with Gasteiger partial charge in [0, 0.05) is 30.4 Å². The SMILES string of the molecule is O=C(c1cc[nH]c(=O)c1)N1CCCC2CCCC21. The van der Waals surface area contributed by atoms with Gasteiger partial charge in [0.2, 0.25) is 5.56 Å². The first-order valence-corrected chi connectivity index (χ1v) is 6.75. The van der Waals surface area contributed by atoms with Crippen molar-refractivity contribution in [3.05, 3.63) is 34.2 Å². The number of hydrogen-bond donors (Lipinski definition) is 1. The van der Waals surface area contributed by atoms with E-state index < -0.39 is 0 Å². The maximum Gasteiger partial charge on any atom is 0.254 e. The van der Waals surface area contributed by atoms with Crippen molar-refractivity contribution >= 4 is 5.91 Å². The maximum atomic E-state index is 12.5. The number of likely N-dealkylation sites (tertiary alicyclic amines) is 1. The molecule has 1 saturated heterocycles. The number of nitrogens with one attached hydrogen (secondary N) is 1. The predicted octanol–water partition coefficient (Wildman–Crippen LogP) is 1.78. The summed E-state index contributed by atoms with van der Waals surface area (Å²) in [5, 5.41) is 0.